The maximum atomic E-state index is 11.9. The van der Waals surface area contributed by atoms with Crippen molar-refractivity contribution in [3.8, 4) is 0 Å². The van der Waals surface area contributed by atoms with Gasteiger partial charge in [0.15, 0.2) is 6.04 Å². The predicted molar refractivity (Wildman–Crippen MR) is 96.6 cm³/mol. The van der Waals surface area contributed by atoms with E-state index in [-0.39, 0.29) is 18.0 Å². The molecule has 0 aliphatic heterocycles. The average Bonchev–Trinajstić information content (AvgIpc) is 3.06. The number of rotatable bonds is 7. The second kappa shape index (κ2) is 8.27. The van der Waals surface area contributed by atoms with Crippen LogP contribution in [0.3, 0.4) is 0 Å². The van der Waals surface area contributed by atoms with E-state index in [1.54, 1.807) is 18.4 Å². The number of quaternary nitrogens is 1. The molecule has 0 unspecified atom stereocenters. The molecule has 23 heavy (non-hydrogen) atoms. The predicted octanol–water partition coefficient (Wildman–Crippen LogP) is 2.73. The van der Waals surface area contributed by atoms with Crippen LogP contribution in [-0.4, -0.2) is 19.0 Å². The fourth-order valence-electron chi connectivity index (χ4n) is 2.77. The maximum absolute atomic E-state index is 11.9. The molecule has 124 valence electrons. The summed E-state index contributed by atoms with van der Waals surface area (Å²) in [5.74, 6) is 0.719. The van der Waals surface area contributed by atoms with E-state index in [9.17, 15) is 4.79 Å². The Balaban J connectivity index is 2.22. The third-order valence-electron chi connectivity index (χ3n) is 3.97. The summed E-state index contributed by atoms with van der Waals surface area (Å²) in [6.07, 6.45) is 1.10. The quantitative estimate of drug-likeness (QED) is 0.805. The first-order chi connectivity index (χ1) is 11.0. The van der Waals surface area contributed by atoms with Gasteiger partial charge < -0.3 is 10.6 Å². The van der Waals surface area contributed by atoms with E-state index in [1.165, 1.54) is 16.0 Å². The number of carbonyl (C=O) groups excluding carboxylic acids is 1. The minimum absolute atomic E-state index is 0.0583. The Morgan fingerprint density at radius 2 is 1.87 bits per heavy atom. The van der Waals surface area contributed by atoms with Gasteiger partial charge in [0, 0.05) is 12.6 Å². The lowest BCUT2D eigenvalue weighted by molar-refractivity contribution is -0.704. The summed E-state index contributed by atoms with van der Waals surface area (Å²) in [7, 11) is 1.69. The zero-order chi connectivity index (χ0) is 16.8. The number of benzene rings is 1. The molecule has 1 heterocycles. The molecule has 0 saturated heterocycles. The monoisotopic (exact) mass is 331 g/mol. The van der Waals surface area contributed by atoms with Gasteiger partial charge in [-0.15, -0.1) is 11.3 Å². The minimum atomic E-state index is -0.123. The van der Waals surface area contributed by atoms with Crippen LogP contribution >= 0.6 is 11.3 Å². The van der Waals surface area contributed by atoms with Crippen LogP contribution in [0, 0.1) is 5.92 Å². The largest absolute Gasteiger partial charge is 0.354 e. The van der Waals surface area contributed by atoms with Gasteiger partial charge in [-0.05, 0) is 36.3 Å². The molecule has 3 nitrogen and oxygen atoms in total. The van der Waals surface area contributed by atoms with Crippen molar-refractivity contribution < 1.29 is 10.1 Å². The van der Waals surface area contributed by atoms with Crippen molar-refractivity contribution in [1.29, 1.82) is 0 Å². The van der Waals surface area contributed by atoms with Gasteiger partial charge in [0.1, 0.15) is 6.04 Å². The zero-order valence-electron chi connectivity index (χ0n) is 14.4. The van der Waals surface area contributed by atoms with Crippen molar-refractivity contribution in [3.05, 3.63) is 57.8 Å². The first-order valence-electron chi connectivity index (χ1n) is 8.20. The Labute approximate surface area is 143 Å². The third kappa shape index (κ3) is 4.91. The van der Waals surface area contributed by atoms with Crippen molar-refractivity contribution in [1.82, 2.24) is 5.32 Å². The van der Waals surface area contributed by atoms with Gasteiger partial charge in [0.05, 0.1) is 4.88 Å². The van der Waals surface area contributed by atoms with E-state index in [2.05, 4.69) is 66.3 Å². The Bertz CT molecular complexity index is 605. The van der Waals surface area contributed by atoms with Crippen LogP contribution in [0.25, 0.3) is 0 Å². The number of likely N-dealkylation sites (N-methyl/N-ethyl adjacent to an activating group) is 1. The average molecular weight is 332 g/mol. The third-order valence-corrected chi connectivity index (χ3v) is 4.93. The smallest absolute Gasteiger partial charge is 0.277 e. The van der Waals surface area contributed by atoms with Crippen LogP contribution in [0.15, 0.2) is 41.8 Å². The van der Waals surface area contributed by atoms with E-state index in [4.69, 9.17) is 0 Å². The summed E-state index contributed by atoms with van der Waals surface area (Å²) >= 11 is 1.74. The van der Waals surface area contributed by atoms with Crippen molar-refractivity contribution >= 4 is 17.2 Å². The highest BCUT2D eigenvalue weighted by molar-refractivity contribution is 7.10. The zero-order valence-corrected chi connectivity index (χ0v) is 15.2. The van der Waals surface area contributed by atoms with E-state index in [0.717, 1.165) is 6.42 Å². The molecular formula is C19H27N2OS+. The lowest BCUT2D eigenvalue weighted by Gasteiger charge is -2.19. The Morgan fingerprint density at radius 1 is 1.17 bits per heavy atom. The molecule has 0 spiro atoms. The second-order valence-corrected chi connectivity index (χ2v) is 7.41. The van der Waals surface area contributed by atoms with E-state index in [1.807, 2.05) is 6.92 Å². The molecule has 0 aliphatic carbocycles. The summed E-state index contributed by atoms with van der Waals surface area (Å²) in [4.78, 5) is 13.2. The van der Waals surface area contributed by atoms with Gasteiger partial charge in [-0.3, -0.25) is 4.79 Å². The Kier molecular flexibility index (Phi) is 6.37. The molecular weight excluding hydrogens is 304 g/mol. The van der Waals surface area contributed by atoms with Crippen LogP contribution in [0.4, 0.5) is 0 Å². The highest BCUT2D eigenvalue weighted by atomic mass is 32.1. The van der Waals surface area contributed by atoms with E-state index in [0.29, 0.717) is 5.92 Å². The summed E-state index contributed by atoms with van der Waals surface area (Å²) < 4.78 is 0. The van der Waals surface area contributed by atoms with Crippen LogP contribution in [0.1, 0.15) is 42.8 Å². The summed E-state index contributed by atoms with van der Waals surface area (Å²) in [5.41, 5.74) is 2.61. The summed E-state index contributed by atoms with van der Waals surface area (Å²) in [6, 6.07) is 13.1. The number of amides is 1. The fraction of sp³-hybridized carbons (Fsp3) is 0.421. The van der Waals surface area contributed by atoms with Crippen LogP contribution < -0.4 is 10.6 Å². The normalized spacial score (nSPS) is 13.8. The Morgan fingerprint density at radius 3 is 2.39 bits per heavy atom. The number of carbonyl (C=O) groups is 1. The molecule has 0 radical (unpaired) electrons. The summed E-state index contributed by atoms with van der Waals surface area (Å²) in [6.45, 7) is 6.43. The molecule has 1 aromatic carbocycles. The minimum Gasteiger partial charge on any atom is -0.354 e. The number of nitrogens with one attached hydrogen (secondary N) is 1. The van der Waals surface area contributed by atoms with Gasteiger partial charge in [0.2, 0.25) is 0 Å². The molecule has 1 aromatic heterocycles. The topological polar surface area (TPSA) is 45.7 Å². The first kappa shape index (κ1) is 17.7. The molecule has 0 aliphatic rings. The van der Waals surface area contributed by atoms with Crippen LogP contribution in [-0.2, 0) is 11.2 Å². The van der Waals surface area contributed by atoms with Crippen molar-refractivity contribution in [2.45, 2.75) is 39.3 Å². The molecule has 0 saturated carbocycles. The lowest BCUT2D eigenvalue weighted by atomic mass is 9.98. The number of nitrogens with two attached hydrogens (primary N) is 1. The molecule has 2 aromatic rings. The highest BCUT2D eigenvalue weighted by Gasteiger charge is 2.24. The Hall–Kier alpha value is -1.65. The lowest BCUT2D eigenvalue weighted by Crippen LogP contribution is -2.92. The molecule has 0 bridgehead atoms. The number of hydrogen-bond donors (Lipinski definition) is 2. The number of hydrogen-bond acceptors (Lipinski definition) is 2. The highest BCUT2D eigenvalue weighted by Crippen LogP contribution is 2.23. The van der Waals surface area contributed by atoms with Crippen LogP contribution in [0.5, 0.6) is 0 Å². The van der Waals surface area contributed by atoms with Gasteiger partial charge in [-0.2, -0.15) is 0 Å². The first-order valence-corrected chi connectivity index (χ1v) is 9.08. The van der Waals surface area contributed by atoms with Gasteiger partial charge in [-0.25, -0.2) is 0 Å². The van der Waals surface area contributed by atoms with Gasteiger partial charge in [0.25, 0.3) is 5.91 Å². The summed E-state index contributed by atoms with van der Waals surface area (Å²) in [5, 5.41) is 6.96. The molecule has 2 rings (SSSR count). The molecule has 4 heteroatoms. The van der Waals surface area contributed by atoms with E-state index >= 15 is 0 Å². The SMILES string of the molecule is CNC(=O)[C@H](C)[NH2+][C@@H](c1ccc(CC(C)C)cc1)c1cccs1. The van der Waals surface area contributed by atoms with Gasteiger partial charge in [-0.1, -0.05) is 44.2 Å². The van der Waals surface area contributed by atoms with Crippen molar-refractivity contribution in [2.75, 3.05) is 7.05 Å². The van der Waals surface area contributed by atoms with Crippen molar-refractivity contribution in [3.63, 3.8) is 0 Å². The molecule has 3 N–H and O–H groups in total. The number of thiophene rings is 1. The van der Waals surface area contributed by atoms with Gasteiger partial charge >= 0.3 is 0 Å². The van der Waals surface area contributed by atoms with Crippen LogP contribution in [0.2, 0.25) is 0 Å². The molecule has 2 atom stereocenters. The maximum Gasteiger partial charge on any atom is 0.277 e. The van der Waals surface area contributed by atoms with Crippen molar-refractivity contribution in [2.24, 2.45) is 5.92 Å². The standard InChI is InChI=1S/C19H26N2OS/c1-13(2)12-15-7-9-16(10-8-15)18(17-6-5-11-23-17)21-14(3)19(22)20-4/h5-11,13-14,18,21H,12H2,1-4H3,(H,20,22)/p+1/t14-,18-/m0/s1. The molecule has 1 amide bonds. The second-order valence-electron chi connectivity index (χ2n) is 6.43. The van der Waals surface area contributed by atoms with E-state index < -0.39 is 0 Å². The fourth-order valence-corrected chi connectivity index (χ4v) is 3.61. The molecule has 0 fully saturated rings.